The van der Waals surface area contributed by atoms with Crippen molar-refractivity contribution in [2.45, 2.75) is 25.4 Å². The van der Waals surface area contributed by atoms with Crippen molar-refractivity contribution in [1.29, 1.82) is 0 Å². The summed E-state index contributed by atoms with van der Waals surface area (Å²) in [6.45, 7) is 1.94. The average molecular weight is 343 g/mol. The zero-order valence-corrected chi connectivity index (χ0v) is 14.1. The molecule has 1 aromatic heterocycles. The number of hydrogen-bond donors (Lipinski definition) is 1. The molecule has 1 N–H and O–H groups in total. The number of nitrogens with zero attached hydrogens (tertiary/aromatic N) is 2. The lowest BCUT2D eigenvalue weighted by Gasteiger charge is -2.18. The molecule has 1 spiro atoms. The third kappa shape index (κ3) is 2.39. The largest absolute Gasteiger partial charge is 0.441 e. The topological polar surface area (TPSA) is 75.4 Å². The summed E-state index contributed by atoms with van der Waals surface area (Å²) < 4.78 is 5.71. The fourth-order valence-corrected chi connectivity index (χ4v) is 4.41. The van der Waals surface area contributed by atoms with Crippen LogP contribution in [0.1, 0.15) is 17.9 Å². The summed E-state index contributed by atoms with van der Waals surface area (Å²) in [7, 11) is 0. The zero-order chi connectivity index (χ0) is 16.7. The Morgan fingerprint density at radius 1 is 1.33 bits per heavy atom. The molecule has 2 saturated heterocycles. The number of carbonyl (C=O) groups is 2. The highest BCUT2D eigenvalue weighted by Gasteiger charge is 2.53. The van der Waals surface area contributed by atoms with Crippen LogP contribution in [0.4, 0.5) is 4.79 Å². The minimum absolute atomic E-state index is 0.138. The maximum Gasteiger partial charge on any atom is 0.325 e. The van der Waals surface area contributed by atoms with Crippen molar-refractivity contribution in [3.05, 3.63) is 41.8 Å². The second-order valence-electron chi connectivity index (χ2n) is 6.09. The molecule has 0 radical (unpaired) electrons. The Labute approximate surface area is 143 Å². The van der Waals surface area contributed by atoms with Crippen molar-refractivity contribution >= 4 is 23.7 Å². The van der Waals surface area contributed by atoms with Crippen LogP contribution in [0.25, 0.3) is 11.5 Å². The highest BCUT2D eigenvalue weighted by molar-refractivity contribution is 7.99. The van der Waals surface area contributed by atoms with Crippen LogP contribution in [0.15, 0.2) is 34.7 Å². The van der Waals surface area contributed by atoms with Crippen LogP contribution in [0.5, 0.6) is 0 Å². The molecule has 0 aliphatic carbocycles. The van der Waals surface area contributed by atoms with Gasteiger partial charge in [0.1, 0.15) is 17.0 Å². The number of nitrogens with one attached hydrogen (secondary N) is 1. The molecule has 2 aliphatic heterocycles. The lowest BCUT2D eigenvalue weighted by atomic mass is 9.99. The summed E-state index contributed by atoms with van der Waals surface area (Å²) in [6, 6.07) is 9.22. The van der Waals surface area contributed by atoms with E-state index in [0.29, 0.717) is 29.5 Å². The number of aromatic nitrogens is 1. The Bertz CT molecular complexity index is 797. The molecule has 2 aliphatic rings. The maximum atomic E-state index is 12.7. The van der Waals surface area contributed by atoms with Gasteiger partial charge in [0.15, 0.2) is 0 Å². The van der Waals surface area contributed by atoms with Gasteiger partial charge in [-0.2, -0.15) is 11.8 Å². The standard InChI is InChI=1S/C17H17N3O3S/c1-11-13(18-14(23-11)12-5-3-2-4-6-12)9-20-15(21)17(19-16(20)22)7-8-24-10-17/h2-6H,7-10H2,1H3,(H,19,22). The fourth-order valence-electron chi connectivity index (χ4n) is 3.08. The number of amides is 3. The number of urea groups is 1. The van der Waals surface area contributed by atoms with Gasteiger partial charge in [-0.3, -0.25) is 9.69 Å². The van der Waals surface area contributed by atoms with E-state index in [1.54, 1.807) is 18.7 Å². The molecule has 1 aromatic carbocycles. The van der Waals surface area contributed by atoms with E-state index in [9.17, 15) is 9.59 Å². The Morgan fingerprint density at radius 2 is 2.12 bits per heavy atom. The van der Waals surface area contributed by atoms with Crippen molar-refractivity contribution in [2.24, 2.45) is 0 Å². The highest BCUT2D eigenvalue weighted by atomic mass is 32.2. The molecule has 3 amide bonds. The van der Waals surface area contributed by atoms with Crippen LogP contribution in [0, 0.1) is 6.92 Å². The fraction of sp³-hybridized carbons (Fsp3) is 0.353. The number of benzene rings is 1. The van der Waals surface area contributed by atoms with E-state index in [-0.39, 0.29) is 18.5 Å². The predicted octanol–water partition coefficient (Wildman–Crippen LogP) is 2.58. The second-order valence-corrected chi connectivity index (χ2v) is 7.20. The van der Waals surface area contributed by atoms with Gasteiger partial charge in [0.25, 0.3) is 5.91 Å². The Hall–Kier alpha value is -2.28. The molecule has 4 rings (SSSR count). The molecule has 1 atom stereocenters. The molecule has 3 heterocycles. The Balaban J connectivity index is 1.59. The minimum atomic E-state index is -0.721. The van der Waals surface area contributed by atoms with E-state index in [4.69, 9.17) is 4.42 Å². The van der Waals surface area contributed by atoms with Gasteiger partial charge in [-0.05, 0) is 31.2 Å². The van der Waals surface area contributed by atoms with Crippen molar-refractivity contribution in [1.82, 2.24) is 15.2 Å². The van der Waals surface area contributed by atoms with Gasteiger partial charge in [0.2, 0.25) is 5.89 Å². The van der Waals surface area contributed by atoms with E-state index >= 15 is 0 Å². The van der Waals surface area contributed by atoms with E-state index in [0.717, 1.165) is 11.3 Å². The minimum Gasteiger partial charge on any atom is -0.441 e. The number of thioether (sulfide) groups is 1. The third-order valence-electron chi connectivity index (χ3n) is 4.49. The van der Waals surface area contributed by atoms with Gasteiger partial charge in [-0.1, -0.05) is 18.2 Å². The van der Waals surface area contributed by atoms with E-state index < -0.39 is 5.54 Å². The number of hydrogen-bond acceptors (Lipinski definition) is 5. The summed E-state index contributed by atoms with van der Waals surface area (Å²) in [6.07, 6.45) is 0.686. The van der Waals surface area contributed by atoms with Crippen LogP contribution >= 0.6 is 11.8 Å². The Morgan fingerprint density at radius 3 is 2.83 bits per heavy atom. The van der Waals surface area contributed by atoms with Crippen LogP contribution in [0.2, 0.25) is 0 Å². The molecule has 124 valence electrons. The number of aryl methyl sites for hydroxylation is 1. The average Bonchev–Trinajstić information content (AvgIpc) is 3.25. The maximum absolute atomic E-state index is 12.7. The summed E-state index contributed by atoms with van der Waals surface area (Å²) in [5.74, 6) is 2.50. The normalized spacial score (nSPS) is 23.3. The lowest BCUT2D eigenvalue weighted by Crippen LogP contribution is -2.46. The van der Waals surface area contributed by atoms with Gasteiger partial charge < -0.3 is 9.73 Å². The van der Waals surface area contributed by atoms with E-state index in [2.05, 4.69) is 10.3 Å². The first kappa shape index (κ1) is 15.3. The first-order valence-electron chi connectivity index (χ1n) is 7.83. The van der Waals surface area contributed by atoms with Gasteiger partial charge in [0.05, 0.1) is 6.54 Å². The Kier molecular flexibility index (Phi) is 3.60. The molecule has 2 aromatic rings. The number of imide groups is 1. The lowest BCUT2D eigenvalue weighted by molar-refractivity contribution is -0.130. The molecule has 24 heavy (non-hydrogen) atoms. The molecule has 7 heteroatoms. The second kappa shape index (κ2) is 5.66. The number of carbonyl (C=O) groups excluding carboxylic acids is 2. The van der Waals surface area contributed by atoms with Crippen LogP contribution < -0.4 is 5.32 Å². The van der Waals surface area contributed by atoms with E-state index in [1.165, 1.54) is 4.90 Å². The SMILES string of the molecule is Cc1oc(-c2ccccc2)nc1CN1C(=O)NC2(CCSC2)C1=O. The van der Waals surface area contributed by atoms with Crippen molar-refractivity contribution < 1.29 is 14.0 Å². The third-order valence-corrected chi connectivity index (χ3v) is 5.68. The van der Waals surface area contributed by atoms with Gasteiger partial charge >= 0.3 is 6.03 Å². The predicted molar refractivity (Wildman–Crippen MR) is 90.4 cm³/mol. The summed E-state index contributed by atoms with van der Waals surface area (Å²) in [5.41, 5.74) is 0.759. The van der Waals surface area contributed by atoms with Gasteiger partial charge in [0, 0.05) is 11.3 Å². The first-order valence-corrected chi connectivity index (χ1v) is 8.98. The quantitative estimate of drug-likeness (QED) is 0.867. The molecular formula is C17H17N3O3S. The van der Waals surface area contributed by atoms with Gasteiger partial charge in [-0.15, -0.1) is 0 Å². The summed E-state index contributed by atoms with van der Waals surface area (Å²) in [4.78, 5) is 30.7. The van der Waals surface area contributed by atoms with Crippen LogP contribution in [-0.4, -0.2) is 38.9 Å². The first-order chi connectivity index (χ1) is 11.6. The summed E-state index contributed by atoms with van der Waals surface area (Å²) >= 11 is 1.69. The monoisotopic (exact) mass is 343 g/mol. The number of rotatable bonds is 3. The highest BCUT2D eigenvalue weighted by Crippen LogP contribution is 2.34. The van der Waals surface area contributed by atoms with Crippen molar-refractivity contribution in [3.8, 4) is 11.5 Å². The van der Waals surface area contributed by atoms with E-state index in [1.807, 2.05) is 30.3 Å². The van der Waals surface area contributed by atoms with Crippen molar-refractivity contribution in [3.63, 3.8) is 0 Å². The number of oxazole rings is 1. The smallest absolute Gasteiger partial charge is 0.325 e. The molecule has 0 bridgehead atoms. The molecular weight excluding hydrogens is 326 g/mol. The van der Waals surface area contributed by atoms with Crippen molar-refractivity contribution in [2.75, 3.05) is 11.5 Å². The van der Waals surface area contributed by atoms with Crippen LogP contribution in [0.3, 0.4) is 0 Å². The van der Waals surface area contributed by atoms with Crippen LogP contribution in [-0.2, 0) is 11.3 Å². The molecule has 0 saturated carbocycles. The molecule has 6 nitrogen and oxygen atoms in total. The molecule has 2 fully saturated rings. The molecule has 1 unspecified atom stereocenters. The van der Waals surface area contributed by atoms with Gasteiger partial charge in [-0.25, -0.2) is 9.78 Å². The zero-order valence-electron chi connectivity index (χ0n) is 13.2. The summed E-state index contributed by atoms with van der Waals surface area (Å²) in [5, 5.41) is 2.87.